The van der Waals surface area contributed by atoms with E-state index in [1.54, 1.807) is 0 Å². The molecule has 1 saturated heterocycles. The number of piperidine rings is 1. The van der Waals surface area contributed by atoms with E-state index < -0.39 is 0 Å². The first kappa shape index (κ1) is 15.3. The average Bonchev–Trinajstić information content (AvgIpc) is 2.42. The Labute approximate surface area is 120 Å². The van der Waals surface area contributed by atoms with Gasteiger partial charge in [-0.2, -0.15) is 0 Å². The molecular formula is C17H34N2. The molecule has 3 atom stereocenters. The van der Waals surface area contributed by atoms with Gasteiger partial charge in [0.05, 0.1) is 0 Å². The van der Waals surface area contributed by atoms with Crippen LogP contribution in [0.5, 0.6) is 0 Å². The van der Waals surface area contributed by atoms with Crippen molar-refractivity contribution >= 4 is 0 Å². The Bertz CT molecular complexity index is 258. The number of hydrogen-bond donors (Lipinski definition) is 1. The Morgan fingerprint density at radius 2 is 1.68 bits per heavy atom. The van der Waals surface area contributed by atoms with Gasteiger partial charge in [0.15, 0.2) is 0 Å². The van der Waals surface area contributed by atoms with Crippen LogP contribution in [0.15, 0.2) is 0 Å². The molecule has 1 aliphatic heterocycles. The molecule has 2 rings (SSSR count). The Morgan fingerprint density at radius 3 is 2.32 bits per heavy atom. The molecule has 112 valence electrons. The quantitative estimate of drug-likeness (QED) is 0.835. The molecule has 1 heterocycles. The van der Waals surface area contributed by atoms with Gasteiger partial charge in [-0.25, -0.2) is 0 Å². The smallest absolute Gasteiger partial charge is 0.0120 e. The second-order valence-electron chi connectivity index (χ2n) is 7.10. The Balaban J connectivity index is 1.87. The van der Waals surface area contributed by atoms with Crippen LogP contribution < -0.4 is 5.32 Å². The van der Waals surface area contributed by atoms with E-state index in [0.717, 1.165) is 30.0 Å². The standard InChI is InChI=1S/C17H34N2/c1-5-11-18-17-10-12-19(15(4)14(17)3)16-8-6-13(2)7-9-16/h13-18H,5-12H2,1-4H3. The highest BCUT2D eigenvalue weighted by atomic mass is 15.2. The average molecular weight is 266 g/mol. The van der Waals surface area contributed by atoms with Crippen molar-refractivity contribution in [2.45, 2.75) is 84.3 Å². The predicted octanol–water partition coefficient (Wildman–Crippen LogP) is 3.66. The van der Waals surface area contributed by atoms with Crippen molar-refractivity contribution in [3.05, 3.63) is 0 Å². The van der Waals surface area contributed by atoms with Gasteiger partial charge in [-0.3, -0.25) is 4.90 Å². The number of nitrogens with zero attached hydrogens (tertiary/aromatic N) is 1. The van der Waals surface area contributed by atoms with E-state index in [2.05, 4.69) is 37.9 Å². The fourth-order valence-corrected chi connectivity index (χ4v) is 4.10. The maximum atomic E-state index is 3.76. The third-order valence-electron chi connectivity index (χ3n) is 5.73. The first-order chi connectivity index (χ1) is 9.13. The predicted molar refractivity (Wildman–Crippen MR) is 83.5 cm³/mol. The van der Waals surface area contributed by atoms with Crippen molar-refractivity contribution in [3.63, 3.8) is 0 Å². The molecule has 0 aromatic carbocycles. The summed E-state index contributed by atoms with van der Waals surface area (Å²) >= 11 is 0. The molecule has 0 aromatic rings. The molecule has 1 aliphatic carbocycles. The second kappa shape index (κ2) is 7.08. The molecule has 1 N–H and O–H groups in total. The summed E-state index contributed by atoms with van der Waals surface area (Å²) in [7, 11) is 0. The van der Waals surface area contributed by atoms with E-state index in [-0.39, 0.29) is 0 Å². The first-order valence-electron chi connectivity index (χ1n) is 8.62. The Kier molecular flexibility index (Phi) is 5.70. The van der Waals surface area contributed by atoms with Crippen LogP contribution in [0.3, 0.4) is 0 Å². The third kappa shape index (κ3) is 3.72. The zero-order chi connectivity index (χ0) is 13.8. The summed E-state index contributed by atoms with van der Waals surface area (Å²) in [5.41, 5.74) is 0. The molecule has 2 heteroatoms. The van der Waals surface area contributed by atoms with Gasteiger partial charge in [0.25, 0.3) is 0 Å². The van der Waals surface area contributed by atoms with Gasteiger partial charge in [-0.05, 0) is 63.8 Å². The lowest BCUT2D eigenvalue weighted by molar-refractivity contribution is 0.0269. The van der Waals surface area contributed by atoms with Crippen LogP contribution in [0, 0.1) is 11.8 Å². The van der Waals surface area contributed by atoms with Crippen molar-refractivity contribution in [1.82, 2.24) is 10.2 Å². The summed E-state index contributed by atoms with van der Waals surface area (Å²) in [6, 6.07) is 2.37. The van der Waals surface area contributed by atoms with Crippen LogP contribution in [0.2, 0.25) is 0 Å². The molecule has 2 nitrogen and oxygen atoms in total. The summed E-state index contributed by atoms with van der Waals surface area (Å²) in [6.45, 7) is 12.1. The maximum absolute atomic E-state index is 3.76. The topological polar surface area (TPSA) is 15.3 Å². The first-order valence-corrected chi connectivity index (χ1v) is 8.62. The van der Waals surface area contributed by atoms with Crippen LogP contribution >= 0.6 is 0 Å². The van der Waals surface area contributed by atoms with Crippen LogP contribution in [0.25, 0.3) is 0 Å². The van der Waals surface area contributed by atoms with Gasteiger partial charge in [-0.1, -0.05) is 20.8 Å². The van der Waals surface area contributed by atoms with E-state index in [9.17, 15) is 0 Å². The van der Waals surface area contributed by atoms with Crippen LogP contribution in [0.4, 0.5) is 0 Å². The molecule has 1 saturated carbocycles. The lowest BCUT2D eigenvalue weighted by Crippen LogP contribution is -2.56. The highest BCUT2D eigenvalue weighted by molar-refractivity contribution is 4.92. The van der Waals surface area contributed by atoms with Gasteiger partial charge in [0.1, 0.15) is 0 Å². The lowest BCUT2D eigenvalue weighted by atomic mass is 9.81. The minimum atomic E-state index is 0.744. The highest BCUT2D eigenvalue weighted by Crippen LogP contribution is 2.33. The van der Waals surface area contributed by atoms with Crippen LogP contribution in [0.1, 0.15) is 66.2 Å². The normalized spacial score (nSPS) is 41.4. The largest absolute Gasteiger partial charge is 0.314 e. The fourth-order valence-electron chi connectivity index (χ4n) is 4.10. The van der Waals surface area contributed by atoms with Crippen LogP contribution in [-0.4, -0.2) is 36.1 Å². The van der Waals surface area contributed by atoms with E-state index >= 15 is 0 Å². The maximum Gasteiger partial charge on any atom is 0.0120 e. The molecule has 2 fully saturated rings. The molecule has 0 bridgehead atoms. The molecule has 2 aliphatic rings. The summed E-state index contributed by atoms with van der Waals surface area (Å²) in [5, 5.41) is 3.76. The monoisotopic (exact) mass is 266 g/mol. The van der Waals surface area contributed by atoms with Crippen LogP contribution in [-0.2, 0) is 0 Å². The molecule has 0 radical (unpaired) electrons. The van der Waals surface area contributed by atoms with Crippen molar-refractivity contribution < 1.29 is 0 Å². The fraction of sp³-hybridized carbons (Fsp3) is 1.00. The van der Waals surface area contributed by atoms with Crippen molar-refractivity contribution in [2.24, 2.45) is 11.8 Å². The van der Waals surface area contributed by atoms with Crippen molar-refractivity contribution in [3.8, 4) is 0 Å². The Morgan fingerprint density at radius 1 is 1.00 bits per heavy atom. The number of hydrogen-bond acceptors (Lipinski definition) is 2. The number of nitrogens with one attached hydrogen (secondary N) is 1. The number of rotatable bonds is 4. The molecular weight excluding hydrogens is 232 g/mol. The van der Waals surface area contributed by atoms with E-state index in [1.807, 2.05) is 0 Å². The lowest BCUT2D eigenvalue weighted by Gasteiger charge is -2.48. The summed E-state index contributed by atoms with van der Waals surface area (Å²) < 4.78 is 0. The summed E-state index contributed by atoms with van der Waals surface area (Å²) in [4.78, 5) is 2.83. The second-order valence-corrected chi connectivity index (χ2v) is 7.10. The van der Waals surface area contributed by atoms with Gasteiger partial charge in [-0.15, -0.1) is 0 Å². The third-order valence-corrected chi connectivity index (χ3v) is 5.73. The molecule has 3 unspecified atom stereocenters. The highest BCUT2D eigenvalue weighted by Gasteiger charge is 2.36. The van der Waals surface area contributed by atoms with Gasteiger partial charge in [0.2, 0.25) is 0 Å². The molecule has 0 aromatic heterocycles. The van der Waals surface area contributed by atoms with Crippen molar-refractivity contribution in [1.29, 1.82) is 0 Å². The summed E-state index contributed by atoms with van der Waals surface area (Å²) in [5.74, 6) is 1.76. The van der Waals surface area contributed by atoms with E-state index in [1.165, 1.54) is 51.6 Å². The molecule has 0 spiro atoms. The van der Waals surface area contributed by atoms with E-state index in [4.69, 9.17) is 0 Å². The number of likely N-dealkylation sites (tertiary alicyclic amines) is 1. The van der Waals surface area contributed by atoms with Crippen molar-refractivity contribution in [2.75, 3.05) is 13.1 Å². The van der Waals surface area contributed by atoms with Gasteiger partial charge in [0, 0.05) is 24.7 Å². The molecule has 0 amide bonds. The van der Waals surface area contributed by atoms with Gasteiger partial charge < -0.3 is 5.32 Å². The van der Waals surface area contributed by atoms with E-state index in [0.29, 0.717) is 0 Å². The zero-order valence-electron chi connectivity index (χ0n) is 13.5. The minimum absolute atomic E-state index is 0.744. The minimum Gasteiger partial charge on any atom is -0.314 e. The molecule has 19 heavy (non-hydrogen) atoms. The zero-order valence-corrected chi connectivity index (χ0v) is 13.5. The van der Waals surface area contributed by atoms with Gasteiger partial charge >= 0.3 is 0 Å². The SMILES string of the molecule is CCCNC1CCN(C2CCC(C)CC2)C(C)C1C. The Hall–Kier alpha value is -0.0800. The summed E-state index contributed by atoms with van der Waals surface area (Å²) in [6.07, 6.45) is 8.36.